The average Bonchev–Trinajstić information content (AvgIpc) is 2.79. The largest absolute Gasteiger partial charge is 0.381 e. The monoisotopic (exact) mass is 287 g/mol. The van der Waals surface area contributed by atoms with Crippen molar-refractivity contribution in [1.82, 2.24) is 4.57 Å². The maximum Gasteiger partial charge on any atom is 0.280 e. The second-order valence-electron chi connectivity index (χ2n) is 5.28. The Morgan fingerprint density at radius 3 is 2.67 bits per heavy atom. The van der Waals surface area contributed by atoms with Crippen LogP contribution >= 0.6 is 0 Å². The molecule has 0 amide bonds. The number of aliphatic hydroxyl groups excluding tert-OH is 1. The van der Waals surface area contributed by atoms with Crippen molar-refractivity contribution in [2.24, 2.45) is 0 Å². The van der Waals surface area contributed by atoms with Gasteiger partial charge in [0.1, 0.15) is 0 Å². The summed E-state index contributed by atoms with van der Waals surface area (Å²) in [6.45, 7) is 1.90. The fourth-order valence-corrected chi connectivity index (χ4v) is 2.66. The molecule has 1 aromatic carbocycles. The third-order valence-electron chi connectivity index (χ3n) is 3.78. The maximum atomic E-state index is 13.6. The van der Waals surface area contributed by atoms with E-state index in [0.29, 0.717) is 11.3 Å². The molecule has 0 spiro atoms. The quantitative estimate of drug-likeness (QED) is 0.739. The van der Waals surface area contributed by atoms with E-state index in [0.717, 1.165) is 5.56 Å². The fraction of sp³-hybridized carbons (Fsp3) is 0.294. The molecule has 3 rings (SSSR count). The molecular weight excluding hydrogens is 272 g/mol. The summed E-state index contributed by atoms with van der Waals surface area (Å²) in [6.07, 6.45) is -2.12. The lowest BCUT2D eigenvalue weighted by Gasteiger charge is -2.30. The Bertz CT molecular complexity index is 722. The van der Waals surface area contributed by atoms with Gasteiger partial charge in [-0.3, -0.25) is 0 Å². The molecule has 108 valence electrons. The van der Waals surface area contributed by atoms with Crippen molar-refractivity contribution in [1.29, 1.82) is 0 Å². The van der Waals surface area contributed by atoms with E-state index in [9.17, 15) is 13.9 Å². The highest BCUT2D eigenvalue weighted by atomic mass is 19.3. The Labute approximate surface area is 122 Å². The van der Waals surface area contributed by atoms with Gasteiger partial charge >= 0.3 is 0 Å². The number of hydrogen-bond donors (Lipinski definition) is 1. The molecule has 1 aliphatic rings. The topological polar surface area (TPSA) is 25.2 Å². The first-order chi connectivity index (χ1) is 9.99. The van der Waals surface area contributed by atoms with Crippen LogP contribution < -0.4 is 0 Å². The van der Waals surface area contributed by atoms with E-state index in [4.69, 9.17) is 0 Å². The van der Waals surface area contributed by atoms with Crippen molar-refractivity contribution in [2.75, 3.05) is 0 Å². The number of alkyl halides is 2. The zero-order chi connectivity index (χ0) is 15.0. The van der Waals surface area contributed by atoms with Gasteiger partial charge in [-0.1, -0.05) is 24.1 Å². The van der Waals surface area contributed by atoms with Crippen LogP contribution in [0.15, 0.2) is 36.4 Å². The van der Waals surface area contributed by atoms with E-state index in [1.54, 1.807) is 17.6 Å². The van der Waals surface area contributed by atoms with Gasteiger partial charge < -0.3 is 9.67 Å². The van der Waals surface area contributed by atoms with Gasteiger partial charge in [0.25, 0.3) is 5.92 Å². The first-order valence-corrected chi connectivity index (χ1v) is 6.82. The number of halogens is 2. The zero-order valence-electron chi connectivity index (χ0n) is 11.6. The van der Waals surface area contributed by atoms with E-state index < -0.39 is 12.0 Å². The van der Waals surface area contributed by atoms with E-state index in [2.05, 4.69) is 11.8 Å². The first-order valence-electron chi connectivity index (χ1n) is 6.82. The van der Waals surface area contributed by atoms with Crippen molar-refractivity contribution in [3.05, 3.63) is 58.9 Å². The summed E-state index contributed by atoms with van der Waals surface area (Å²) < 4.78 is 28.9. The summed E-state index contributed by atoms with van der Waals surface area (Å²) in [4.78, 5) is 0. The molecule has 0 radical (unpaired) electrons. The number of aromatic nitrogens is 1. The summed E-state index contributed by atoms with van der Waals surface area (Å²) in [6, 6.07) is 11.2. The third kappa shape index (κ3) is 2.45. The Morgan fingerprint density at radius 2 is 1.95 bits per heavy atom. The molecule has 2 aromatic rings. The van der Waals surface area contributed by atoms with Crippen LogP contribution in [0.5, 0.6) is 0 Å². The van der Waals surface area contributed by atoms with Crippen molar-refractivity contribution in [3.63, 3.8) is 0 Å². The summed E-state index contributed by atoms with van der Waals surface area (Å²) in [5.74, 6) is 2.97. The van der Waals surface area contributed by atoms with Gasteiger partial charge in [0.05, 0.1) is 11.4 Å². The molecule has 1 aromatic heterocycles. The number of aryl methyl sites for hydroxylation is 1. The van der Waals surface area contributed by atoms with Crippen molar-refractivity contribution in [3.8, 4) is 11.8 Å². The molecule has 1 N–H and O–H groups in total. The van der Waals surface area contributed by atoms with Crippen LogP contribution in [0, 0.1) is 18.8 Å². The predicted molar refractivity (Wildman–Crippen MR) is 76.1 cm³/mol. The average molecular weight is 287 g/mol. The summed E-state index contributed by atoms with van der Waals surface area (Å²) in [7, 11) is 0. The van der Waals surface area contributed by atoms with Crippen molar-refractivity contribution in [2.45, 2.75) is 31.9 Å². The molecule has 0 saturated carbocycles. The number of hydrogen-bond acceptors (Lipinski definition) is 1. The molecule has 0 saturated heterocycles. The highest BCUT2D eigenvalue weighted by molar-refractivity contribution is 5.44. The molecule has 21 heavy (non-hydrogen) atoms. The van der Waals surface area contributed by atoms with Gasteiger partial charge in [-0.05, 0) is 36.6 Å². The predicted octanol–water partition coefficient (Wildman–Crippen LogP) is 3.27. The van der Waals surface area contributed by atoms with Crippen molar-refractivity contribution >= 4 is 0 Å². The van der Waals surface area contributed by atoms with E-state index >= 15 is 0 Å². The summed E-state index contributed by atoms with van der Waals surface area (Å²) in [5.41, 5.74) is 2.47. The zero-order valence-corrected chi connectivity index (χ0v) is 11.6. The van der Waals surface area contributed by atoms with Crippen LogP contribution in [0.2, 0.25) is 0 Å². The SMILES string of the molecule is Cc1cc(C#Cc2ccccc2)n2c1C(O)C(F)(F)CC2. The van der Waals surface area contributed by atoms with Crippen LogP contribution in [0.4, 0.5) is 8.78 Å². The maximum absolute atomic E-state index is 13.6. The van der Waals surface area contributed by atoms with E-state index in [1.807, 2.05) is 30.3 Å². The second-order valence-corrected chi connectivity index (χ2v) is 5.28. The van der Waals surface area contributed by atoms with Crippen LogP contribution in [0.3, 0.4) is 0 Å². The number of aliphatic hydroxyl groups is 1. The minimum absolute atomic E-state index is 0.173. The number of rotatable bonds is 0. The molecule has 1 aliphatic heterocycles. The van der Waals surface area contributed by atoms with Gasteiger partial charge in [-0.25, -0.2) is 8.78 Å². The molecule has 1 atom stereocenters. The molecule has 0 fully saturated rings. The Kier molecular flexibility index (Phi) is 3.30. The lowest BCUT2D eigenvalue weighted by Crippen LogP contribution is -2.35. The second kappa shape index (κ2) is 5.01. The summed E-state index contributed by atoms with van der Waals surface area (Å²) >= 11 is 0. The fourth-order valence-electron chi connectivity index (χ4n) is 2.66. The molecule has 0 bridgehead atoms. The van der Waals surface area contributed by atoms with Crippen LogP contribution in [0.25, 0.3) is 0 Å². The lowest BCUT2D eigenvalue weighted by atomic mass is 10.0. The third-order valence-corrected chi connectivity index (χ3v) is 3.78. The summed E-state index contributed by atoms with van der Waals surface area (Å²) in [5, 5.41) is 9.85. The molecule has 2 heterocycles. The smallest absolute Gasteiger partial charge is 0.280 e. The van der Waals surface area contributed by atoms with E-state index in [1.165, 1.54) is 0 Å². The van der Waals surface area contributed by atoms with Gasteiger partial charge in [0, 0.05) is 18.5 Å². The van der Waals surface area contributed by atoms with Gasteiger partial charge in [0.2, 0.25) is 0 Å². The Morgan fingerprint density at radius 1 is 1.24 bits per heavy atom. The Hall–Kier alpha value is -2.12. The van der Waals surface area contributed by atoms with E-state index in [-0.39, 0.29) is 18.7 Å². The number of fused-ring (bicyclic) bond motifs is 1. The first kappa shape index (κ1) is 13.8. The Balaban J connectivity index is 2.01. The standard InChI is InChI=1S/C17H15F2NO/c1-12-11-14(8-7-13-5-3-2-4-6-13)20-10-9-17(18,19)16(21)15(12)20/h2-6,11,16,21H,9-10H2,1H3. The minimum atomic E-state index is -3.07. The number of nitrogens with zero attached hydrogens (tertiary/aromatic N) is 1. The van der Waals surface area contributed by atoms with Gasteiger partial charge in [-0.2, -0.15) is 0 Å². The van der Waals surface area contributed by atoms with Crippen LogP contribution in [-0.4, -0.2) is 15.6 Å². The van der Waals surface area contributed by atoms with Crippen LogP contribution in [-0.2, 0) is 6.54 Å². The normalized spacial score (nSPS) is 19.5. The molecular formula is C17H15F2NO. The van der Waals surface area contributed by atoms with Crippen LogP contribution in [0.1, 0.15) is 35.0 Å². The lowest BCUT2D eigenvalue weighted by molar-refractivity contribution is -0.131. The van der Waals surface area contributed by atoms with Crippen molar-refractivity contribution < 1.29 is 13.9 Å². The molecule has 2 nitrogen and oxygen atoms in total. The van der Waals surface area contributed by atoms with Gasteiger partial charge in [0.15, 0.2) is 6.10 Å². The molecule has 1 unspecified atom stereocenters. The number of benzene rings is 1. The molecule has 0 aliphatic carbocycles. The highest BCUT2D eigenvalue weighted by Crippen LogP contribution is 2.41. The molecule has 4 heteroatoms. The minimum Gasteiger partial charge on any atom is -0.381 e. The highest BCUT2D eigenvalue weighted by Gasteiger charge is 2.45. The van der Waals surface area contributed by atoms with Gasteiger partial charge in [-0.15, -0.1) is 0 Å².